The molecule has 0 aliphatic carbocycles. The lowest BCUT2D eigenvalue weighted by molar-refractivity contribution is 0.339. The molecular formula is C17H21ClN2O. The van der Waals surface area contributed by atoms with Crippen LogP contribution in [0.4, 0.5) is 5.69 Å². The highest BCUT2D eigenvalue weighted by molar-refractivity contribution is 6.33. The van der Waals surface area contributed by atoms with Crippen LogP contribution in [0.25, 0.3) is 0 Å². The molecule has 0 saturated heterocycles. The van der Waals surface area contributed by atoms with Crippen LogP contribution in [0.5, 0.6) is 5.75 Å². The first-order valence-corrected chi connectivity index (χ1v) is 7.36. The number of para-hydroxylation sites is 1. The number of nitrogens with one attached hydrogen (secondary N) is 1. The summed E-state index contributed by atoms with van der Waals surface area (Å²) in [7, 11) is 3.79. The summed E-state index contributed by atoms with van der Waals surface area (Å²) in [4.78, 5) is 2.27. The molecule has 1 N–H and O–H groups in total. The Morgan fingerprint density at radius 1 is 1.10 bits per heavy atom. The van der Waals surface area contributed by atoms with Gasteiger partial charge in [-0.15, -0.1) is 0 Å². The molecule has 0 heterocycles. The minimum atomic E-state index is 0.760. The van der Waals surface area contributed by atoms with Gasteiger partial charge in [0.15, 0.2) is 0 Å². The van der Waals surface area contributed by atoms with Crippen molar-refractivity contribution in [2.24, 2.45) is 0 Å². The highest BCUT2D eigenvalue weighted by atomic mass is 35.5. The van der Waals surface area contributed by atoms with Gasteiger partial charge in [0, 0.05) is 19.6 Å². The van der Waals surface area contributed by atoms with E-state index >= 15 is 0 Å². The minimum absolute atomic E-state index is 0.760. The average Bonchev–Trinajstić information content (AvgIpc) is 2.50. The summed E-state index contributed by atoms with van der Waals surface area (Å²) in [6.07, 6.45) is 0. The molecule has 0 aliphatic rings. The Labute approximate surface area is 131 Å². The van der Waals surface area contributed by atoms with Crippen LogP contribution in [-0.2, 0) is 6.54 Å². The summed E-state index contributed by atoms with van der Waals surface area (Å²) in [6.45, 7) is 2.71. The smallest absolute Gasteiger partial charge is 0.118 e. The minimum Gasteiger partial charge on any atom is -0.497 e. The van der Waals surface area contributed by atoms with E-state index in [0.29, 0.717) is 0 Å². The second-order valence-electron chi connectivity index (χ2n) is 4.99. The number of rotatable bonds is 7. The van der Waals surface area contributed by atoms with Gasteiger partial charge in [-0.3, -0.25) is 0 Å². The molecule has 0 radical (unpaired) electrons. The van der Waals surface area contributed by atoms with Gasteiger partial charge in [-0.05, 0) is 36.9 Å². The predicted octanol–water partition coefficient (Wildman–Crippen LogP) is 3.89. The van der Waals surface area contributed by atoms with Crippen LogP contribution in [0.1, 0.15) is 5.56 Å². The van der Waals surface area contributed by atoms with E-state index in [0.717, 1.165) is 36.1 Å². The summed E-state index contributed by atoms with van der Waals surface area (Å²) in [6, 6.07) is 16.0. The third-order valence-corrected chi connectivity index (χ3v) is 3.62. The van der Waals surface area contributed by atoms with E-state index < -0.39 is 0 Å². The molecular weight excluding hydrogens is 284 g/mol. The largest absolute Gasteiger partial charge is 0.497 e. The highest BCUT2D eigenvalue weighted by Gasteiger charge is 2.02. The molecule has 0 unspecified atom stereocenters. The standard InChI is InChI=1S/C17H21ClN2O/c1-20(13-14-7-9-15(21-2)10-8-14)12-11-19-17-6-4-3-5-16(17)18/h3-10,19H,11-13H2,1-2H3. The molecule has 21 heavy (non-hydrogen) atoms. The van der Waals surface area contributed by atoms with Gasteiger partial charge in [0.05, 0.1) is 17.8 Å². The number of methoxy groups -OCH3 is 1. The van der Waals surface area contributed by atoms with Crippen LogP contribution < -0.4 is 10.1 Å². The van der Waals surface area contributed by atoms with Crippen LogP contribution >= 0.6 is 11.6 Å². The van der Waals surface area contributed by atoms with Gasteiger partial charge in [-0.2, -0.15) is 0 Å². The lowest BCUT2D eigenvalue weighted by atomic mass is 10.2. The Hall–Kier alpha value is -1.71. The van der Waals surface area contributed by atoms with Gasteiger partial charge in [0.25, 0.3) is 0 Å². The predicted molar refractivity (Wildman–Crippen MR) is 89.3 cm³/mol. The first-order valence-electron chi connectivity index (χ1n) is 6.99. The van der Waals surface area contributed by atoms with E-state index in [1.807, 2.05) is 36.4 Å². The van der Waals surface area contributed by atoms with Crippen LogP contribution in [0.3, 0.4) is 0 Å². The quantitative estimate of drug-likeness (QED) is 0.840. The number of hydrogen-bond donors (Lipinski definition) is 1. The van der Waals surface area contributed by atoms with Crippen molar-refractivity contribution in [2.45, 2.75) is 6.54 Å². The Morgan fingerprint density at radius 3 is 2.48 bits per heavy atom. The van der Waals surface area contributed by atoms with Crippen molar-refractivity contribution in [3.05, 3.63) is 59.1 Å². The molecule has 0 saturated carbocycles. The monoisotopic (exact) mass is 304 g/mol. The number of likely N-dealkylation sites (N-methyl/N-ethyl adjacent to an activating group) is 1. The van der Waals surface area contributed by atoms with Crippen molar-refractivity contribution in [3.63, 3.8) is 0 Å². The summed E-state index contributed by atoms with van der Waals surface area (Å²) in [5, 5.41) is 4.11. The van der Waals surface area contributed by atoms with E-state index in [1.54, 1.807) is 7.11 Å². The maximum absolute atomic E-state index is 6.11. The van der Waals surface area contributed by atoms with Crippen molar-refractivity contribution in [1.29, 1.82) is 0 Å². The molecule has 0 bridgehead atoms. The van der Waals surface area contributed by atoms with Crippen molar-refractivity contribution >= 4 is 17.3 Å². The first-order chi connectivity index (χ1) is 10.2. The fraction of sp³-hybridized carbons (Fsp3) is 0.294. The molecule has 4 heteroatoms. The fourth-order valence-corrected chi connectivity index (χ4v) is 2.31. The van der Waals surface area contributed by atoms with E-state index in [2.05, 4.69) is 29.4 Å². The average molecular weight is 305 g/mol. The normalized spacial score (nSPS) is 10.7. The van der Waals surface area contributed by atoms with Crippen molar-refractivity contribution in [3.8, 4) is 5.75 Å². The van der Waals surface area contributed by atoms with E-state index in [9.17, 15) is 0 Å². The molecule has 0 amide bonds. The Bertz CT molecular complexity index is 557. The molecule has 0 spiro atoms. The molecule has 112 valence electrons. The van der Waals surface area contributed by atoms with Crippen LogP contribution in [0.15, 0.2) is 48.5 Å². The van der Waals surface area contributed by atoms with Crippen LogP contribution in [-0.4, -0.2) is 32.1 Å². The Kier molecular flexibility index (Phi) is 5.90. The second kappa shape index (κ2) is 7.91. The zero-order chi connectivity index (χ0) is 15.1. The molecule has 2 aromatic carbocycles. The van der Waals surface area contributed by atoms with Gasteiger partial charge in [-0.1, -0.05) is 35.9 Å². The third kappa shape index (κ3) is 4.96. The number of halogens is 1. The van der Waals surface area contributed by atoms with Crippen molar-refractivity contribution in [2.75, 3.05) is 32.6 Å². The van der Waals surface area contributed by atoms with E-state index in [1.165, 1.54) is 5.56 Å². The van der Waals surface area contributed by atoms with Crippen LogP contribution in [0, 0.1) is 0 Å². The second-order valence-corrected chi connectivity index (χ2v) is 5.40. The van der Waals surface area contributed by atoms with Crippen molar-refractivity contribution < 1.29 is 4.74 Å². The first kappa shape index (κ1) is 15.7. The fourth-order valence-electron chi connectivity index (χ4n) is 2.11. The lowest BCUT2D eigenvalue weighted by Crippen LogP contribution is -2.24. The summed E-state index contributed by atoms with van der Waals surface area (Å²) >= 11 is 6.11. The number of benzene rings is 2. The molecule has 0 aromatic heterocycles. The molecule has 2 aromatic rings. The summed E-state index contributed by atoms with van der Waals surface area (Å²) in [5.41, 5.74) is 2.26. The summed E-state index contributed by atoms with van der Waals surface area (Å²) in [5.74, 6) is 0.891. The third-order valence-electron chi connectivity index (χ3n) is 3.29. The number of ether oxygens (including phenoxy) is 1. The molecule has 2 rings (SSSR count). The molecule has 0 fully saturated rings. The maximum Gasteiger partial charge on any atom is 0.118 e. The SMILES string of the molecule is COc1ccc(CN(C)CCNc2ccccc2Cl)cc1. The van der Waals surface area contributed by atoms with Gasteiger partial charge < -0.3 is 15.0 Å². The molecule has 0 aliphatic heterocycles. The maximum atomic E-state index is 6.11. The summed E-state index contributed by atoms with van der Waals surface area (Å²) < 4.78 is 5.16. The van der Waals surface area contributed by atoms with E-state index in [4.69, 9.17) is 16.3 Å². The van der Waals surface area contributed by atoms with Crippen LogP contribution in [0.2, 0.25) is 5.02 Å². The zero-order valence-corrected chi connectivity index (χ0v) is 13.2. The number of anilines is 1. The molecule has 3 nitrogen and oxygen atoms in total. The highest BCUT2D eigenvalue weighted by Crippen LogP contribution is 2.20. The van der Waals surface area contributed by atoms with Gasteiger partial charge in [0.2, 0.25) is 0 Å². The van der Waals surface area contributed by atoms with Crippen molar-refractivity contribution in [1.82, 2.24) is 4.90 Å². The Morgan fingerprint density at radius 2 is 1.81 bits per heavy atom. The van der Waals surface area contributed by atoms with Gasteiger partial charge >= 0.3 is 0 Å². The topological polar surface area (TPSA) is 24.5 Å². The Balaban J connectivity index is 1.76. The number of hydrogen-bond acceptors (Lipinski definition) is 3. The molecule has 0 atom stereocenters. The lowest BCUT2D eigenvalue weighted by Gasteiger charge is -2.18. The zero-order valence-electron chi connectivity index (χ0n) is 12.5. The van der Waals surface area contributed by atoms with Gasteiger partial charge in [-0.25, -0.2) is 0 Å². The van der Waals surface area contributed by atoms with E-state index in [-0.39, 0.29) is 0 Å². The van der Waals surface area contributed by atoms with Gasteiger partial charge in [0.1, 0.15) is 5.75 Å². The number of nitrogens with zero attached hydrogens (tertiary/aromatic N) is 1.